The van der Waals surface area contributed by atoms with E-state index in [-0.39, 0.29) is 30.8 Å². The van der Waals surface area contributed by atoms with Gasteiger partial charge in [0.2, 0.25) is 0 Å². The molecule has 0 bridgehead atoms. The van der Waals surface area contributed by atoms with Gasteiger partial charge in [-0.25, -0.2) is 4.39 Å². The van der Waals surface area contributed by atoms with Crippen molar-refractivity contribution >= 4 is 0 Å². The van der Waals surface area contributed by atoms with Crippen LogP contribution in [0.5, 0.6) is 0 Å². The smallest absolute Gasteiger partial charge is 0.123 e. The lowest BCUT2D eigenvalue weighted by Gasteiger charge is -2.33. The van der Waals surface area contributed by atoms with Crippen LogP contribution >= 0.6 is 0 Å². The van der Waals surface area contributed by atoms with Gasteiger partial charge >= 0.3 is 0 Å². The number of aliphatic hydroxyl groups excluding tert-OH is 3. The lowest BCUT2D eigenvalue weighted by Crippen LogP contribution is -2.41. The van der Waals surface area contributed by atoms with E-state index >= 15 is 0 Å². The highest BCUT2D eigenvalue weighted by Crippen LogP contribution is 2.33. The Morgan fingerprint density at radius 1 is 1.33 bits per heavy atom. The SMILES string of the molecule is CC(CCc1cccc(F)c1)NCC1(CO)C=CC(O)=C(CO)C1. The normalized spacial score (nSPS) is 22.0. The van der Waals surface area contributed by atoms with Crippen molar-refractivity contribution in [2.75, 3.05) is 19.8 Å². The Balaban J connectivity index is 1.86. The molecule has 0 saturated heterocycles. The second kappa shape index (κ2) is 8.42. The van der Waals surface area contributed by atoms with Crippen LogP contribution in [0.4, 0.5) is 4.39 Å². The zero-order valence-corrected chi connectivity index (χ0v) is 14.0. The molecule has 0 amide bonds. The topological polar surface area (TPSA) is 72.7 Å². The van der Waals surface area contributed by atoms with E-state index in [4.69, 9.17) is 0 Å². The predicted octanol–water partition coefficient (Wildman–Crippen LogP) is 2.48. The van der Waals surface area contributed by atoms with Crippen LogP contribution in [0.3, 0.4) is 0 Å². The van der Waals surface area contributed by atoms with Crippen molar-refractivity contribution < 1.29 is 19.7 Å². The molecule has 4 N–H and O–H groups in total. The van der Waals surface area contributed by atoms with E-state index in [0.29, 0.717) is 18.5 Å². The number of aliphatic hydroxyl groups is 3. The van der Waals surface area contributed by atoms with E-state index in [0.717, 1.165) is 18.4 Å². The Kier molecular flexibility index (Phi) is 6.54. The summed E-state index contributed by atoms with van der Waals surface area (Å²) in [6.07, 6.45) is 5.39. The van der Waals surface area contributed by atoms with Crippen molar-refractivity contribution in [3.8, 4) is 0 Å². The Hall–Kier alpha value is -1.69. The number of rotatable bonds is 8. The van der Waals surface area contributed by atoms with Crippen LogP contribution in [0, 0.1) is 11.2 Å². The summed E-state index contributed by atoms with van der Waals surface area (Å²) >= 11 is 0. The molecular formula is C19H26FNO3. The summed E-state index contributed by atoms with van der Waals surface area (Å²) < 4.78 is 13.2. The minimum Gasteiger partial charge on any atom is -0.508 e. The van der Waals surface area contributed by atoms with Gasteiger partial charge in [0, 0.05) is 18.0 Å². The van der Waals surface area contributed by atoms with Crippen molar-refractivity contribution in [3.63, 3.8) is 0 Å². The molecule has 4 nitrogen and oxygen atoms in total. The monoisotopic (exact) mass is 335 g/mol. The summed E-state index contributed by atoms with van der Waals surface area (Å²) in [5, 5.41) is 32.2. The fraction of sp³-hybridized carbons (Fsp3) is 0.474. The molecule has 0 aromatic heterocycles. The van der Waals surface area contributed by atoms with Crippen molar-refractivity contribution in [3.05, 3.63) is 59.1 Å². The first kappa shape index (κ1) is 18.6. The molecule has 0 saturated carbocycles. The zero-order valence-electron chi connectivity index (χ0n) is 14.0. The molecule has 1 aliphatic rings. The van der Waals surface area contributed by atoms with Crippen LogP contribution in [0.25, 0.3) is 0 Å². The van der Waals surface area contributed by atoms with Crippen molar-refractivity contribution in [2.45, 2.75) is 32.2 Å². The molecule has 1 aliphatic carbocycles. The molecule has 5 heteroatoms. The molecule has 2 atom stereocenters. The first-order valence-electron chi connectivity index (χ1n) is 8.28. The Morgan fingerprint density at radius 2 is 2.12 bits per heavy atom. The van der Waals surface area contributed by atoms with Crippen LogP contribution in [0.2, 0.25) is 0 Å². The molecule has 1 aromatic rings. The molecule has 0 radical (unpaired) electrons. The molecule has 0 spiro atoms. The maximum Gasteiger partial charge on any atom is 0.123 e. The van der Waals surface area contributed by atoms with E-state index in [1.54, 1.807) is 24.3 Å². The highest BCUT2D eigenvalue weighted by atomic mass is 19.1. The quantitative estimate of drug-likeness (QED) is 0.589. The van der Waals surface area contributed by atoms with Crippen LogP contribution < -0.4 is 5.32 Å². The summed E-state index contributed by atoms with van der Waals surface area (Å²) in [5.74, 6) is -0.136. The second-order valence-electron chi connectivity index (χ2n) is 6.63. The maximum atomic E-state index is 13.2. The largest absolute Gasteiger partial charge is 0.508 e. The van der Waals surface area contributed by atoms with E-state index in [1.165, 1.54) is 6.07 Å². The van der Waals surface area contributed by atoms with Crippen LogP contribution in [-0.4, -0.2) is 41.1 Å². The summed E-state index contributed by atoms with van der Waals surface area (Å²) in [7, 11) is 0. The van der Waals surface area contributed by atoms with Gasteiger partial charge in [-0.1, -0.05) is 18.2 Å². The van der Waals surface area contributed by atoms with Crippen LogP contribution in [0.1, 0.15) is 25.3 Å². The van der Waals surface area contributed by atoms with Gasteiger partial charge < -0.3 is 20.6 Å². The van der Waals surface area contributed by atoms with Gasteiger partial charge in [-0.15, -0.1) is 0 Å². The van der Waals surface area contributed by atoms with E-state index in [1.807, 2.05) is 6.07 Å². The Bertz CT molecular complexity index is 614. The third-order valence-corrected chi connectivity index (χ3v) is 4.59. The Labute approximate surface area is 142 Å². The molecule has 2 unspecified atom stereocenters. The lowest BCUT2D eigenvalue weighted by molar-refractivity contribution is 0.151. The van der Waals surface area contributed by atoms with Crippen LogP contribution in [0.15, 0.2) is 47.7 Å². The zero-order chi connectivity index (χ0) is 17.6. The summed E-state index contributed by atoms with van der Waals surface area (Å²) in [4.78, 5) is 0. The highest BCUT2D eigenvalue weighted by molar-refractivity contribution is 5.29. The third-order valence-electron chi connectivity index (χ3n) is 4.59. The van der Waals surface area contributed by atoms with Gasteiger partial charge in [-0.3, -0.25) is 0 Å². The molecular weight excluding hydrogens is 309 g/mol. The standard InChI is InChI=1S/C19H26FNO3/c1-14(5-6-15-3-2-4-17(20)9-15)21-12-19(13-23)8-7-18(24)16(10-19)11-22/h2-4,7-9,14,21-24H,5-6,10-13H2,1H3. The van der Waals surface area contributed by atoms with Crippen molar-refractivity contribution in [2.24, 2.45) is 5.41 Å². The lowest BCUT2D eigenvalue weighted by atomic mass is 9.78. The summed E-state index contributed by atoms with van der Waals surface area (Å²) in [6.45, 7) is 2.31. The number of hydrogen-bond acceptors (Lipinski definition) is 4. The summed E-state index contributed by atoms with van der Waals surface area (Å²) in [6, 6.07) is 6.81. The highest BCUT2D eigenvalue weighted by Gasteiger charge is 2.31. The molecule has 24 heavy (non-hydrogen) atoms. The number of nitrogens with one attached hydrogen (secondary N) is 1. The molecule has 0 heterocycles. The van der Waals surface area contributed by atoms with Gasteiger partial charge in [0.1, 0.15) is 11.6 Å². The molecule has 2 rings (SSSR count). The number of benzene rings is 1. The van der Waals surface area contributed by atoms with Crippen LogP contribution in [-0.2, 0) is 6.42 Å². The average Bonchev–Trinajstić information content (AvgIpc) is 2.59. The first-order chi connectivity index (χ1) is 11.5. The molecule has 1 aromatic carbocycles. The molecule has 132 valence electrons. The maximum absolute atomic E-state index is 13.2. The first-order valence-corrected chi connectivity index (χ1v) is 8.28. The number of aryl methyl sites for hydroxylation is 1. The predicted molar refractivity (Wildman–Crippen MR) is 92.2 cm³/mol. The van der Waals surface area contributed by atoms with Gasteiger partial charge in [0.15, 0.2) is 0 Å². The van der Waals surface area contributed by atoms with Gasteiger partial charge in [0.05, 0.1) is 13.2 Å². The minimum absolute atomic E-state index is 0.0656. The van der Waals surface area contributed by atoms with Crippen molar-refractivity contribution in [1.29, 1.82) is 0 Å². The van der Waals surface area contributed by atoms with Crippen molar-refractivity contribution in [1.82, 2.24) is 5.32 Å². The fourth-order valence-corrected chi connectivity index (χ4v) is 2.93. The van der Waals surface area contributed by atoms with Gasteiger partial charge in [0.25, 0.3) is 0 Å². The van der Waals surface area contributed by atoms with Gasteiger partial charge in [-0.05, 0) is 55.5 Å². The molecule has 0 fully saturated rings. The minimum atomic E-state index is -0.516. The van der Waals surface area contributed by atoms with Gasteiger partial charge in [-0.2, -0.15) is 0 Å². The van der Waals surface area contributed by atoms with E-state index in [2.05, 4.69) is 12.2 Å². The number of halogens is 1. The number of allylic oxidation sites excluding steroid dienone is 1. The average molecular weight is 335 g/mol. The molecule has 0 aliphatic heterocycles. The number of hydrogen-bond donors (Lipinski definition) is 4. The third kappa shape index (κ3) is 4.90. The van der Waals surface area contributed by atoms with E-state index < -0.39 is 5.41 Å². The second-order valence-corrected chi connectivity index (χ2v) is 6.63. The van der Waals surface area contributed by atoms with E-state index in [9.17, 15) is 19.7 Å². The fourth-order valence-electron chi connectivity index (χ4n) is 2.93. The Morgan fingerprint density at radius 3 is 2.79 bits per heavy atom. The summed E-state index contributed by atoms with van der Waals surface area (Å²) in [5.41, 5.74) is 0.992.